The second kappa shape index (κ2) is 16.6. The second-order valence-electron chi connectivity index (χ2n) is 13.8. The van der Waals surface area contributed by atoms with Crippen LogP contribution in [0.5, 0.6) is 0 Å². The highest BCUT2D eigenvalue weighted by molar-refractivity contribution is 7.80. The van der Waals surface area contributed by atoms with Gasteiger partial charge in [-0.3, -0.25) is 0 Å². The number of thiocarbonyl (C=S) groups is 1. The van der Waals surface area contributed by atoms with E-state index in [-0.39, 0.29) is 0 Å². The number of aliphatic imine (C=N–C) groups is 1. The Labute approximate surface area is 353 Å². The van der Waals surface area contributed by atoms with Crippen molar-refractivity contribution < 1.29 is 4.68 Å². The van der Waals surface area contributed by atoms with E-state index in [1.54, 1.807) is 0 Å². The number of nitrogens with one attached hydrogen (secondary N) is 1. The zero-order valence-electron chi connectivity index (χ0n) is 31.2. The molecule has 0 bridgehead atoms. The molecule has 7 aromatic carbocycles. The quantitative estimate of drug-likeness (QED) is 0.129. The Morgan fingerprint density at radius 1 is 0.569 bits per heavy atom. The number of benzene rings is 7. The summed E-state index contributed by atoms with van der Waals surface area (Å²) in [5.74, 6) is 0.688. The average molecular weight is 810 g/mol. The van der Waals surface area contributed by atoms with Gasteiger partial charge in [0.15, 0.2) is 0 Å². The van der Waals surface area contributed by atoms with Crippen molar-refractivity contribution in [1.82, 2.24) is 9.66 Å². The van der Waals surface area contributed by atoms with Crippen molar-refractivity contribution in [2.75, 3.05) is 5.32 Å². The van der Waals surface area contributed by atoms with E-state index in [0.717, 1.165) is 67.6 Å². The Kier molecular flexibility index (Phi) is 10.6. The smallest absolute Gasteiger partial charge is 0.303 e. The molecule has 1 aromatic heterocycles. The van der Waals surface area contributed by atoms with E-state index in [2.05, 4.69) is 99.6 Å². The monoisotopic (exact) mass is 808 g/mol. The van der Waals surface area contributed by atoms with E-state index in [1.165, 1.54) is 11.3 Å². The van der Waals surface area contributed by atoms with Gasteiger partial charge >= 0.3 is 6.17 Å². The number of aromatic nitrogens is 2. The topological polar surface area (TPSA) is 45.2 Å². The van der Waals surface area contributed by atoms with Gasteiger partial charge in [-0.2, -0.15) is 0 Å². The Morgan fingerprint density at radius 2 is 1.10 bits per heavy atom. The SMILES string of the molecule is Clc1ccccc1-c1nc(-c2ccccc2)c(-c2ccccc2)n1[N+]1=C(c2ccccc2)C(c2ccccc2)=NC1c1ccccc1Cl.S=C1Cc2ccccc2N1. The van der Waals surface area contributed by atoms with Crippen molar-refractivity contribution in [3.8, 4) is 33.9 Å². The van der Waals surface area contributed by atoms with E-state index in [0.29, 0.717) is 15.9 Å². The fraction of sp³-hybridized carbons (Fsp3) is 0.0400. The first-order valence-electron chi connectivity index (χ1n) is 19.0. The third-order valence-electron chi connectivity index (χ3n) is 10.1. The molecule has 1 N–H and O–H groups in total. The predicted molar refractivity (Wildman–Crippen MR) is 243 cm³/mol. The van der Waals surface area contributed by atoms with Crippen LogP contribution in [0.3, 0.4) is 0 Å². The number of rotatable bonds is 7. The van der Waals surface area contributed by atoms with Gasteiger partial charge in [0.1, 0.15) is 17.1 Å². The van der Waals surface area contributed by atoms with Crippen LogP contribution in [-0.2, 0) is 6.42 Å². The second-order valence-corrected chi connectivity index (χ2v) is 15.1. The highest BCUT2D eigenvalue weighted by Crippen LogP contribution is 2.42. The normalized spacial score (nSPS) is 14.3. The fourth-order valence-corrected chi connectivity index (χ4v) is 8.21. The van der Waals surface area contributed by atoms with E-state index in [9.17, 15) is 0 Å². The number of hydrogen-bond donors (Lipinski definition) is 1. The minimum absolute atomic E-state index is 0.536. The lowest BCUT2D eigenvalue weighted by molar-refractivity contribution is -0.617. The molecule has 0 radical (unpaired) electrons. The summed E-state index contributed by atoms with van der Waals surface area (Å²) in [6, 6.07) is 65.4. The number of hydrogen-bond acceptors (Lipinski definition) is 3. The van der Waals surface area contributed by atoms with Crippen LogP contribution >= 0.6 is 35.4 Å². The largest absolute Gasteiger partial charge is 0.350 e. The van der Waals surface area contributed by atoms with Gasteiger partial charge in [-0.15, -0.1) is 0 Å². The van der Waals surface area contributed by atoms with Gasteiger partial charge in [-0.25, -0.2) is 9.98 Å². The Morgan fingerprint density at radius 3 is 1.74 bits per heavy atom. The van der Waals surface area contributed by atoms with Crippen LogP contribution in [0.2, 0.25) is 10.0 Å². The molecular formula is C50H36Cl2N5S+. The van der Waals surface area contributed by atoms with Crippen LogP contribution < -0.4 is 5.32 Å². The van der Waals surface area contributed by atoms with Crippen LogP contribution in [-0.4, -0.2) is 30.8 Å². The summed E-state index contributed by atoms with van der Waals surface area (Å²) < 4.78 is 4.45. The molecule has 58 heavy (non-hydrogen) atoms. The van der Waals surface area contributed by atoms with E-state index in [1.807, 2.05) is 109 Å². The number of nitrogens with zero attached hydrogens (tertiary/aromatic N) is 4. The summed E-state index contributed by atoms with van der Waals surface area (Å²) in [6.07, 6.45) is 0.372. The molecule has 8 aromatic rings. The summed E-state index contributed by atoms with van der Waals surface area (Å²) in [5, 5.41) is 4.35. The van der Waals surface area contributed by atoms with Gasteiger partial charge in [0.25, 0.3) is 5.71 Å². The molecule has 0 fully saturated rings. The van der Waals surface area contributed by atoms with Gasteiger partial charge in [0.05, 0.1) is 26.2 Å². The lowest BCUT2D eigenvalue weighted by Gasteiger charge is -2.16. The van der Waals surface area contributed by atoms with Gasteiger partial charge in [0.2, 0.25) is 5.82 Å². The fourth-order valence-electron chi connectivity index (χ4n) is 7.49. The van der Waals surface area contributed by atoms with Gasteiger partial charge in [-0.1, -0.05) is 196 Å². The van der Waals surface area contributed by atoms with Crippen LogP contribution in [0, 0.1) is 0 Å². The Balaban J connectivity index is 0.000000378. The third kappa shape index (κ3) is 7.30. The molecule has 5 nitrogen and oxygen atoms in total. The lowest BCUT2D eigenvalue weighted by atomic mass is 10.00. The van der Waals surface area contributed by atoms with Crippen LogP contribution in [0.1, 0.15) is 28.4 Å². The minimum atomic E-state index is -0.536. The highest BCUT2D eigenvalue weighted by Gasteiger charge is 2.44. The van der Waals surface area contributed by atoms with Crippen molar-refractivity contribution in [2.45, 2.75) is 12.6 Å². The van der Waals surface area contributed by atoms with Crippen molar-refractivity contribution in [3.05, 3.63) is 226 Å². The molecule has 0 spiro atoms. The van der Waals surface area contributed by atoms with Gasteiger partial charge in [-0.05, 0) is 48.0 Å². The zero-order valence-corrected chi connectivity index (χ0v) is 33.5. The summed E-state index contributed by atoms with van der Waals surface area (Å²) in [4.78, 5) is 11.9. The molecule has 0 amide bonds. The number of imidazole rings is 1. The molecule has 2 aliphatic heterocycles. The first-order valence-corrected chi connectivity index (χ1v) is 20.2. The molecule has 0 aliphatic carbocycles. The molecule has 8 heteroatoms. The molecular weight excluding hydrogens is 774 g/mol. The maximum atomic E-state index is 7.03. The lowest BCUT2D eigenvalue weighted by Crippen LogP contribution is -2.31. The molecule has 2 aliphatic rings. The summed E-state index contributed by atoms with van der Waals surface area (Å²) in [7, 11) is 0. The maximum Gasteiger partial charge on any atom is 0.303 e. The van der Waals surface area contributed by atoms with Gasteiger partial charge < -0.3 is 5.32 Å². The summed E-state index contributed by atoms with van der Waals surface area (Å²) in [6.45, 7) is 0. The standard InChI is InChI=1S/C42H29Cl2N4.C8H7NS/c43-35-27-15-13-25-33(35)41-45-37(29-17-5-1-6-18-29)39(31-21-9-3-10-22-31)47(41)48-40(32-23-11-4-12-24-32)38(30-19-7-2-8-20-30)46-42(48)34-26-14-16-28-36(34)44;10-8-5-6-3-1-2-4-7(6)9-8/h1-28,41H;1-4H,5H2,(H,9,10)/q+1;. The minimum Gasteiger partial charge on any atom is -0.350 e. The summed E-state index contributed by atoms with van der Waals surface area (Å²) >= 11 is 19.1. The number of para-hydroxylation sites is 1. The third-order valence-corrected chi connectivity index (χ3v) is 11.1. The molecule has 3 heterocycles. The van der Waals surface area contributed by atoms with Crippen molar-refractivity contribution in [3.63, 3.8) is 0 Å². The van der Waals surface area contributed by atoms with Crippen molar-refractivity contribution in [1.29, 1.82) is 0 Å². The number of anilines is 1. The van der Waals surface area contributed by atoms with Crippen LogP contribution in [0.4, 0.5) is 5.69 Å². The van der Waals surface area contributed by atoms with E-state index in [4.69, 9.17) is 45.4 Å². The van der Waals surface area contributed by atoms with E-state index < -0.39 is 6.17 Å². The van der Waals surface area contributed by atoms with Crippen LogP contribution in [0.25, 0.3) is 33.9 Å². The van der Waals surface area contributed by atoms with Crippen molar-refractivity contribution >= 4 is 57.5 Å². The first kappa shape index (κ1) is 37.2. The van der Waals surface area contributed by atoms with Gasteiger partial charge in [0, 0.05) is 34.4 Å². The number of fused-ring (bicyclic) bond motifs is 1. The number of halogens is 2. The first-order chi connectivity index (χ1) is 28.5. The maximum absolute atomic E-state index is 7.03. The highest BCUT2D eigenvalue weighted by atomic mass is 35.5. The molecule has 10 rings (SSSR count). The zero-order chi connectivity index (χ0) is 39.4. The molecule has 0 saturated heterocycles. The van der Waals surface area contributed by atoms with Crippen molar-refractivity contribution in [2.24, 2.45) is 4.99 Å². The van der Waals surface area contributed by atoms with Crippen LogP contribution in [0.15, 0.2) is 199 Å². The van der Waals surface area contributed by atoms with E-state index >= 15 is 0 Å². The molecule has 280 valence electrons. The Hall–Kier alpha value is -6.44. The molecule has 1 atom stereocenters. The summed E-state index contributed by atoms with van der Waals surface area (Å²) in [5.41, 5.74) is 11.7. The molecule has 0 saturated carbocycles. The predicted octanol–water partition coefficient (Wildman–Crippen LogP) is 12.6. The average Bonchev–Trinajstić information content (AvgIpc) is 3.98. The Bertz CT molecular complexity index is 2790. The molecule has 1 unspecified atom stereocenters.